The van der Waals surface area contributed by atoms with Crippen molar-refractivity contribution in [3.05, 3.63) is 65.2 Å². The van der Waals surface area contributed by atoms with Gasteiger partial charge in [0.15, 0.2) is 11.5 Å². The van der Waals surface area contributed by atoms with Gasteiger partial charge in [-0.15, -0.1) is 0 Å². The summed E-state index contributed by atoms with van der Waals surface area (Å²) in [5.74, 6) is 1.90. The smallest absolute Gasteiger partial charge is 0.303 e. The Labute approximate surface area is 236 Å². The molecule has 1 saturated heterocycles. The van der Waals surface area contributed by atoms with E-state index >= 15 is 0 Å². The van der Waals surface area contributed by atoms with Gasteiger partial charge in [-0.1, -0.05) is 36.4 Å². The van der Waals surface area contributed by atoms with E-state index in [2.05, 4.69) is 11.0 Å². The number of likely N-dealkylation sites (N-methyl/N-ethyl adjacent to an activating group) is 1. The first-order valence-electron chi connectivity index (χ1n) is 14.7. The first-order valence-corrected chi connectivity index (χ1v) is 14.7. The molecule has 40 heavy (non-hydrogen) atoms. The number of carbonyl (C=O) groups is 2. The molecule has 7 rings (SSSR count). The van der Waals surface area contributed by atoms with E-state index in [9.17, 15) is 9.59 Å². The second-order valence-electron chi connectivity index (χ2n) is 12.3. The Balaban J connectivity index is 1.32. The van der Waals surface area contributed by atoms with Crippen LogP contribution >= 0.6 is 0 Å². The monoisotopic (exact) mass is 542 g/mol. The summed E-state index contributed by atoms with van der Waals surface area (Å²) in [6.07, 6.45) is 8.77. The van der Waals surface area contributed by atoms with E-state index in [4.69, 9.17) is 14.2 Å². The van der Waals surface area contributed by atoms with Crippen LogP contribution in [0.3, 0.4) is 0 Å². The summed E-state index contributed by atoms with van der Waals surface area (Å²) in [5.41, 5.74) is 2.14. The number of carbonyl (C=O) groups excluding carboxylic acids is 2. The second kappa shape index (κ2) is 9.37. The number of rotatable bonds is 7. The average Bonchev–Trinajstić information content (AvgIpc) is 3.70. The van der Waals surface area contributed by atoms with E-state index in [1.165, 1.54) is 25.3 Å². The van der Waals surface area contributed by atoms with Crippen molar-refractivity contribution in [1.29, 1.82) is 0 Å². The van der Waals surface area contributed by atoms with Crippen LogP contribution in [0.25, 0.3) is 6.08 Å². The third-order valence-electron chi connectivity index (χ3n) is 10.3. The lowest BCUT2D eigenvalue weighted by Crippen LogP contribution is -2.79. The molecule has 2 aromatic carbocycles. The predicted molar refractivity (Wildman–Crippen MR) is 151 cm³/mol. The molecule has 2 aromatic rings. The number of hydrogen-bond donors (Lipinski definition) is 0. The molecule has 2 aliphatic heterocycles. The van der Waals surface area contributed by atoms with Gasteiger partial charge in [-0.2, -0.15) is 0 Å². The minimum atomic E-state index is -0.707. The van der Waals surface area contributed by atoms with E-state index in [0.717, 1.165) is 48.7 Å². The Hall–Kier alpha value is -3.32. The van der Waals surface area contributed by atoms with E-state index < -0.39 is 11.0 Å². The number of nitrogens with zero attached hydrogens (tertiary/aromatic N) is 2. The van der Waals surface area contributed by atoms with Gasteiger partial charge in [0.05, 0.1) is 24.6 Å². The number of ether oxygens (including phenoxy) is 3. The summed E-state index contributed by atoms with van der Waals surface area (Å²) >= 11 is 0. The minimum Gasteiger partial charge on any atom is -0.493 e. The Morgan fingerprint density at radius 2 is 1.93 bits per heavy atom. The highest BCUT2D eigenvalue weighted by molar-refractivity contribution is 5.92. The molecular weight excluding hydrogens is 504 g/mol. The highest BCUT2D eigenvalue weighted by atomic mass is 16.6. The molecule has 2 heterocycles. The van der Waals surface area contributed by atoms with Crippen molar-refractivity contribution >= 4 is 18.0 Å². The normalized spacial score (nSPS) is 31.8. The summed E-state index contributed by atoms with van der Waals surface area (Å²) in [4.78, 5) is 30.8. The number of benzene rings is 2. The number of likely N-dealkylation sites (tertiary alicyclic amines) is 1. The molecule has 1 amide bonds. The fourth-order valence-corrected chi connectivity index (χ4v) is 8.45. The van der Waals surface area contributed by atoms with Crippen molar-refractivity contribution in [3.63, 3.8) is 0 Å². The molecule has 0 aromatic heterocycles. The van der Waals surface area contributed by atoms with Crippen molar-refractivity contribution in [2.24, 2.45) is 5.92 Å². The van der Waals surface area contributed by atoms with Crippen LogP contribution in [0.1, 0.15) is 55.7 Å². The van der Waals surface area contributed by atoms with Crippen LogP contribution in [0.5, 0.6) is 11.5 Å². The van der Waals surface area contributed by atoms with Crippen LogP contribution in [0.15, 0.2) is 48.5 Å². The molecule has 3 fully saturated rings. The molecule has 7 nitrogen and oxygen atoms in total. The summed E-state index contributed by atoms with van der Waals surface area (Å²) < 4.78 is 19.3. The zero-order valence-corrected chi connectivity index (χ0v) is 23.6. The quantitative estimate of drug-likeness (QED) is 0.382. The van der Waals surface area contributed by atoms with Crippen molar-refractivity contribution in [1.82, 2.24) is 9.80 Å². The molecule has 2 saturated carbocycles. The van der Waals surface area contributed by atoms with E-state index in [-0.39, 0.29) is 30.1 Å². The van der Waals surface area contributed by atoms with Gasteiger partial charge in [-0.3, -0.25) is 14.5 Å². The average molecular weight is 543 g/mol. The minimum absolute atomic E-state index is 0.0597. The van der Waals surface area contributed by atoms with Crippen molar-refractivity contribution in [2.45, 2.75) is 74.7 Å². The second-order valence-corrected chi connectivity index (χ2v) is 12.3. The Bertz CT molecular complexity index is 1370. The maximum Gasteiger partial charge on any atom is 0.303 e. The van der Waals surface area contributed by atoms with Gasteiger partial charge in [0.25, 0.3) is 0 Å². The van der Waals surface area contributed by atoms with E-state index in [1.807, 2.05) is 54.4 Å². The molecule has 0 radical (unpaired) electrons. The molecule has 2 bridgehead atoms. The molecule has 210 valence electrons. The maximum atomic E-state index is 13.5. The molecule has 3 aliphatic carbocycles. The van der Waals surface area contributed by atoms with Crippen molar-refractivity contribution in [2.75, 3.05) is 27.2 Å². The van der Waals surface area contributed by atoms with Crippen LogP contribution in [0, 0.1) is 5.92 Å². The molecular formula is C33H38N2O5. The summed E-state index contributed by atoms with van der Waals surface area (Å²) in [6.45, 7) is 3.52. The third kappa shape index (κ3) is 3.66. The summed E-state index contributed by atoms with van der Waals surface area (Å²) in [5, 5.41) is 0. The van der Waals surface area contributed by atoms with Gasteiger partial charge in [-0.05, 0) is 74.3 Å². The molecule has 1 spiro atoms. The number of hydrogen-bond acceptors (Lipinski definition) is 6. The molecule has 5 atom stereocenters. The molecule has 7 heteroatoms. The van der Waals surface area contributed by atoms with Crippen LogP contribution < -0.4 is 9.47 Å². The zero-order valence-electron chi connectivity index (χ0n) is 23.6. The summed E-state index contributed by atoms with van der Waals surface area (Å²) in [7, 11) is 3.55. The maximum absolute atomic E-state index is 13.5. The Morgan fingerprint density at radius 1 is 1.12 bits per heavy atom. The van der Waals surface area contributed by atoms with Gasteiger partial charge in [0.2, 0.25) is 5.91 Å². The lowest BCUT2D eigenvalue weighted by molar-refractivity contribution is -0.223. The molecule has 5 aliphatic rings. The zero-order chi connectivity index (χ0) is 27.6. The van der Waals surface area contributed by atoms with Crippen molar-refractivity contribution < 1.29 is 23.8 Å². The third-order valence-corrected chi connectivity index (χ3v) is 10.3. The van der Waals surface area contributed by atoms with Crippen LogP contribution in [-0.2, 0) is 26.2 Å². The van der Waals surface area contributed by atoms with Gasteiger partial charge in [0.1, 0.15) is 11.7 Å². The topological polar surface area (TPSA) is 68.3 Å². The van der Waals surface area contributed by atoms with Crippen LogP contribution in [0.4, 0.5) is 0 Å². The number of methoxy groups -OCH3 is 1. The fourth-order valence-electron chi connectivity index (χ4n) is 8.45. The number of esters is 1. The highest BCUT2D eigenvalue weighted by Crippen LogP contribution is 2.67. The Kier molecular flexibility index (Phi) is 6.00. The van der Waals surface area contributed by atoms with E-state index in [1.54, 1.807) is 13.2 Å². The standard InChI is InChI=1S/C33H38N2O5/c1-21(36)40-33-16-15-25(34(2)28(37)14-11-22-7-5-4-6-8-22)31-32(33)17-18-35(20-23-9-10-23)27(33)19-24-12-13-26(38-3)30(39-31)29(24)32/h4-8,11-14,23,25,27,31H,9-10,15-20H2,1-3H3/t25-,27+,31-,32-,33+/m0/s1. The lowest BCUT2D eigenvalue weighted by Gasteiger charge is -2.65. The lowest BCUT2D eigenvalue weighted by atomic mass is 9.48. The van der Waals surface area contributed by atoms with Crippen molar-refractivity contribution in [3.8, 4) is 11.5 Å². The predicted octanol–water partition coefficient (Wildman–Crippen LogP) is 4.37. The summed E-state index contributed by atoms with van der Waals surface area (Å²) in [6, 6.07) is 14.0. The molecule has 0 N–H and O–H groups in total. The number of piperidine rings is 1. The molecule has 0 unspecified atom stereocenters. The number of amides is 1. The van der Waals surface area contributed by atoms with E-state index in [0.29, 0.717) is 18.6 Å². The van der Waals surface area contributed by atoms with Gasteiger partial charge < -0.3 is 19.1 Å². The van der Waals surface area contributed by atoms with Gasteiger partial charge in [0, 0.05) is 32.2 Å². The SMILES string of the molecule is COc1ccc2c3c1O[C@H]1[C@@H](N(C)C(=O)C=Cc4ccccc4)CC[C@@]4(OC(C)=O)[C@@H](C2)N(CC2CC2)CC[C@]314. The first-order chi connectivity index (χ1) is 19.4. The van der Waals surface area contributed by atoms with Gasteiger partial charge >= 0.3 is 5.97 Å². The fraction of sp³-hybridized carbons (Fsp3) is 0.515. The highest BCUT2D eigenvalue weighted by Gasteiger charge is 2.75. The van der Waals surface area contributed by atoms with Gasteiger partial charge in [-0.25, -0.2) is 0 Å². The first kappa shape index (κ1) is 25.6. The largest absolute Gasteiger partial charge is 0.493 e. The van der Waals surface area contributed by atoms with Crippen LogP contribution in [-0.4, -0.2) is 72.7 Å². The van der Waals surface area contributed by atoms with Crippen LogP contribution in [0.2, 0.25) is 0 Å². The Morgan fingerprint density at radius 3 is 2.65 bits per heavy atom.